The van der Waals surface area contributed by atoms with Gasteiger partial charge in [-0.15, -0.1) is 11.3 Å². The second-order valence-corrected chi connectivity index (χ2v) is 8.37. The number of benzene rings is 1. The van der Waals surface area contributed by atoms with E-state index in [4.69, 9.17) is 9.72 Å². The number of amides is 1. The summed E-state index contributed by atoms with van der Waals surface area (Å²) < 4.78 is 6.03. The number of hydrogen-bond acceptors (Lipinski definition) is 5. The smallest absolute Gasteiger partial charge is 0.310 e. The molecule has 0 bridgehead atoms. The lowest BCUT2D eigenvalue weighted by Gasteiger charge is -2.32. The quantitative estimate of drug-likeness (QED) is 0.773. The molecule has 4 rings (SSSR count). The number of thiazole rings is 1. The summed E-state index contributed by atoms with van der Waals surface area (Å²) in [6.07, 6.45) is 4.88. The van der Waals surface area contributed by atoms with Crippen LogP contribution in [0, 0.1) is 11.8 Å². The van der Waals surface area contributed by atoms with E-state index in [0.29, 0.717) is 19.5 Å². The molecule has 1 saturated carbocycles. The van der Waals surface area contributed by atoms with Crippen molar-refractivity contribution in [1.82, 2.24) is 9.88 Å². The van der Waals surface area contributed by atoms with Crippen molar-refractivity contribution in [3.05, 3.63) is 29.3 Å². The molecule has 1 aromatic heterocycles. The van der Waals surface area contributed by atoms with Crippen molar-refractivity contribution in [2.45, 2.75) is 38.0 Å². The first kappa shape index (κ1) is 17.5. The zero-order valence-electron chi connectivity index (χ0n) is 15.0. The SMILES string of the molecule is COC(=O)[C@@H]1CCN(C(=O)[C@@H]2CCCC[C@@H]2c2nc3ccccc3s2)C1. The molecule has 6 heteroatoms. The van der Waals surface area contributed by atoms with E-state index in [1.54, 1.807) is 11.3 Å². The van der Waals surface area contributed by atoms with Crippen LogP contribution >= 0.6 is 11.3 Å². The molecule has 2 fully saturated rings. The number of esters is 1. The minimum Gasteiger partial charge on any atom is -0.469 e. The van der Waals surface area contributed by atoms with Crippen molar-refractivity contribution in [1.29, 1.82) is 0 Å². The molecule has 26 heavy (non-hydrogen) atoms. The standard InChI is InChI=1S/C20H24N2O3S/c1-25-20(24)13-10-11-22(12-13)19(23)15-7-3-2-6-14(15)18-21-16-8-4-5-9-17(16)26-18/h4-5,8-9,13-15H,2-3,6-7,10-12H2,1H3/t13-,14+,15-/m1/s1. The Morgan fingerprint density at radius 1 is 1.19 bits per heavy atom. The number of aromatic nitrogens is 1. The van der Waals surface area contributed by atoms with Gasteiger partial charge >= 0.3 is 5.97 Å². The zero-order chi connectivity index (χ0) is 18.1. The summed E-state index contributed by atoms with van der Waals surface area (Å²) in [7, 11) is 1.41. The molecule has 0 N–H and O–H groups in total. The normalized spacial score (nSPS) is 26.2. The number of carbonyl (C=O) groups excluding carboxylic acids is 2. The summed E-state index contributed by atoms with van der Waals surface area (Å²) in [5, 5.41) is 1.09. The summed E-state index contributed by atoms with van der Waals surface area (Å²) in [4.78, 5) is 31.7. The molecule has 1 aliphatic heterocycles. The van der Waals surface area contributed by atoms with Crippen LogP contribution in [0.3, 0.4) is 0 Å². The second kappa shape index (κ2) is 7.35. The predicted octanol–water partition coefficient (Wildman–Crippen LogP) is 3.59. The Kier molecular flexibility index (Phi) is 4.94. The van der Waals surface area contributed by atoms with Gasteiger partial charge in [-0.3, -0.25) is 9.59 Å². The second-order valence-electron chi connectivity index (χ2n) is 7.31. The number of carbonyl (C=O) groups is 2. The van der Waals surface area contributed by atoms with Crippen LogP contribution in [-0.2, 0) is 14.3 Å². The molecular formula is C20H24N2O3S. The predicted molar refractivity (Wildman–Crippen MR) is 101 cm³/mol. The Morgan fingerprint density at radius 3 is 2.81 bits per heavy atom. The van der Waals surface area contributed by atoms with Gasteiger partial charge in [0, 0.05) is 24.9 Å². The van der Waals surface area contributed by atoms with E-state index >= 15 is 0 Å². The molecule has 1 amide bonds. The monoisotopic (exact) mass is 372 g/mol. The molecule has 2 aromatic rings. The molecule has 0 unspecified atom stereocenters. The average molecular weight is 372 g/mol. The minimum absolute atomic E-state index is 0.0132. The number of rotatable bonds is 3. The van der Waals surface area contributed by atoms with Gasteiger partial charge in [0.15, 0.2) is 0 Å². The fourth-order valence-electron chi connectivity index (χ4n) is 4.32. The first-order valence-electron chi connectivity index (χ1n) is 9.39. The molecule has 2 aliphatic rings. The molecule has 138 valence electrons. The lowest BCUT2D eigenvalue weighted by atomic mass is 9.78. The van der Waals surface area contributed by atoms with Gasteiger partial charge in [0.2, 0.25) is 5.91 Å². The molecule has 1 aromatic carbocycles. The number of methoxy groups -OCH3 is 1. The van der Waals surface area contributed by atoms with Crippen LogP contribution in [0.1, 0.15) is 43.0 Å². The Hall–Kier alpha value is -1.95. The van der Waals surface area contributed by atoms with Crippen molar-refractivity contribution < 1.29 is 14.3 Å². The van der Waals surface area contributed by atoms with Crippen LogP contribution in [0.5, 0.6) is 0 Å². The fourth-order valence-corrected chi connectivity index (χ4v) is 5.49. The zero-order valence-corrected chi connectivity index (χ0v) is 15.8. The van der Waals surface area contributed by atoms with Crippen molar-refractivity contribution in [2.75, 3.05) is 20.2 Å². The van der Waals surface area contributed by atoms with Crippen LogP contribution in [0.2, 0.25) is 0 Å². The molecule has 5 nitrogen and oxygen atoms in total. The van der Waals surface area contributed by atoms with Crippen LogP contribution in [0.4, 0.5) is 0 Å². The number of hydrogen-bond donors (Lipinski definition) is 0. The van der Waals surface area contributed by atoms with E-state index in [9.17, 15) is 9.59 Å². The van der Waals surface area contributed by atoms with E-state index in [-0.39, 0.29) is 29.6 Å². The number of para-hydroxylation sites is 1. The molecule has 0 radical (unpaired) electrons. The van der Waals surface area contributed by atoms with Crippen LogP contribution < -0.4 is 0 Å². The molecule has 2 heterocycles. The maximum absolute atomic E-state index is 13.2. The Labute approximate surface area is 157 Å². The molecule has 0 spiro atoms. The topological polar surface area (TPSA) is 59.5 Å². The largest absolute Gasteiger partial charge is 0.469 e. The highest BCUT2D eigenvalue weighted by Gasteiger charge is 2.39. The lowest BCUT2D eigenvalue weighted by Crippen LogP contribution is -2.39. The Bertz CT molecular complexity index is 785. The highest BCUT2D eigenvalue weighted by atomic mass is 32.1. The average Bonchev–Trinajstić information content (AvgIpc) is 3.34. The van der Waals surface area contributed by atoms with Crippen LogP contribution in [-0.4, -0.2) is 42.0 Å². The van der Waals surface area contributed by atoms with Gasteiger partial charge in [0.05, 0.1) is 28.3 Å². The first-order chi connectivity index (χ1) is 12.7. The van der Waals surface area contributed by atoms with Gasteiger partial charge in [0.1, 0.15) is 0 Å². The van der Waals surface area contributed by atoms with E-state index in [1.165, 1.54) is 11.8 Å². The number of likely N-dealkylation sites (tertiary alicyclic amines) is 1. The van der Waals surface area contributed by atoms with Crippen molar-refractivity contribution >= 4 is 33.4 Å². The molecule has 1 aliphatic carbocycles. The molecule has 1 saturated heterocycles. The van der Waals surface area contributed by atoms with Crippen molar-refractivity contribution in [3.8, 4) is 0 Å². The lowest BCUT2D eigenvalue weighted by molar-refractivity contribution is -0.145. The molecular weight excluding hydrogens is 348 g/mol. The van der Waals surface area contributed by atoms with Crippen LogP contribution in [0.25, 0.3) is 10.2 Å². The number of fused-ring (bicyclic) bond motifs is 1. The van der Waals surface area contributed by atoms with E-state index in [2.05, 4.69) is 6.07 Å². The summed E-state index contributed by atoms with van der Waals surface area (Å²) in [6, 6.07) is 8.17. The summed E-state index contributed by atoms with van der Waals surface area (Å²) in [5.74, 6) is 0.00648. The maximum Gasteiger partial charge on any atom is 0.310 e. The van der Waals surface area contributed by atoms with Crippen LogP contribution in [0.15, 0.2) is 24.3 Å². The van der Waals surface area contributed by atoms with E-state index in [1.807, 2.05) is 23.1 Å². The number of ether oxygens (including phenoxy) is 1. The first-order valence-corrected chi connectivity index (χ1v) is 10.2. The van der Waals surface area contributed by atoms with Gasteiger partial charge < -0.3 is 9.64 Å². The van der Waals surface area contributed by atoms with Gasteiger partial charge in [-0.25, -0.2) is 4.98 Å². The third kappa shape index (κ3) is 3.22. The third-order valence-corrected chi connectivity index (χ3v) is 6.91. The Morgan fingerprint density at radius 2 is 2.00 bits per heavy atom. The fraction of sp³-hybridized carbons (Fsp3) is 0.550. The summed E-state index contributed by atoms with van der Waals surface area (Å²) in [6.45, 7) is 1.15. The van der Waals surface area contributed by atoms with Crippen molar-refractivity contribution in [2.24, 2.45) is 11.8 Å². The molecule has 3 atom stereocenters. The summed E-state index contributed by atoms with van der Waals surface area (Å²) in [5.41, 5.74) is 1.02. The van der Waals surface area contributed by atoms with E-state index < -0.39 is 0 Å². The van der Waals surface area contributed by atoms with Gasteiger partial charge in [-0.1, -0.05) is 25.0 Å². The minimum atomic E-state index is -0.202. The highest BCUT2D eigenvalue weighted by Crippen LogP contribution is 2.42. The summed E-state index contributed by atoms with van der Waals surface area (Å²) >= 11 is 1.72. The van der Waals surface area contributed by atoms with Gasteiger partial charge in [-0.05, 0) is 31.4 Å². The maximum atomic E-state index is 13.2. The van der Waals surface area contributed by atoms with Gasteiger partial charge in [0.25, 0.3) is 0 Å². The van der Waals surface area contributed by atoms with Crippen molar-refractivity contribution in [3.63, 3.8) is 0 Å². The Balaban J connectivity index is 1.54. The third-order valence-electron chi connectivity index (χ3n) is 5.75. The van der Waals surface area contributed by atoms with Gasteiger partial charge in [-0.2, -0.15) is 0 Å². The van der Waals surface area contributed by atoms with E-state index in [0.717, 1.165) is 36.2 Å². The number of nitrogens with zero attached hydrogens (tertiary/aromatic N) is 2. The highest BCUT2D eigenvalue weighted by molar-refractivity contribution is 7.18.